The summed E-state index contributed by atoms with van der Waals surface area (Å²) in [5.41, 5.74) is 2.91. The van der Waals surface area contributed by atoms with E-state index in [1.165, 1.54) is 0 Å². The summed E-state index contributed by atoms with van der Waals surface area (Å²) in [7, 11) is 1.64. The van der Waals surface area contributed by atoms with Crippen LogP contribution in [0.4, 0.5) is 0 Å². The molecule has 2 heterocycles. The van der Waals surface area contributed by atoms with Gasteiger partial charge >= 0.3 is 0 Å². The number of nitrogens with zero attached hydrogens (tertiary/aromatic N) is 2. The first-order chi connectivity index (χ1) is 8.79. The minimum Gasteiger partial charge on any atom is -0.497 e. The Labute approximate surface area is 110 Å². The molecule has 0 amide bonds. The van der Waals surface area contributed by atoms with Gasteiger partial charge in [0.15, 0.2) is 0 Å². The molecule has 3 rings (SSSR count). The second-order valence-corrected chi connectivity index (χ2v) is 4.49. The zero-order chi connectivity index (χ0) is 12.5. The lowest BCUT2D eigenvalue weighted by atomic mass is 10.2. The average Bonchev–Trinajstić information content (AvgIpc) is 2.77. The van der Waals surface area contributed by atoms with E-state index in [0.29, 0.717) is 18.4 Å². The second-order valence-electron chi connectivity index (χ2n) is 4.13. The van der Waals surface area contributed by atoms with Crippen LogP contribution in [0.15, 0.2) is 24.3 Å². The third kappa shape index (κ3) is 1.87. The number of halogens is 1. The molecule has 0 radical (unpaired) electrons. The van der Waals surface area contributed by atoms with Crippen molar-refractivity contribution in [2.24, 2.45) is 0 Å². The maximum Gasteiger partial charge on any atom is 0.138 e. The maximum atomic E-state index is 6.35. The van der Waals surface area contributed by atoms with Crippen molar-refractivity contribution in [3.63, 3.8) is 0 Å². The van der Waals surface area contributed by atoms with E-state index in [2.05, 4.69) is 5.10 Å². The lowest BCUT2D eigenvalue weighted by molar-refractivity contribution is 0.110. The molecule has 1 aromatic carbocycles. The molecule has 0 N–H and O–H groups in total. The van der Waals surface area contributed by atoms with Crippen LogP contribution in [0.2, 0.25) is 5.15 Å². The van der Waals surface area contributed by atoms with Gasteiger partial charge in [0.25, 0.3) is 0 Å². The first-order valence-electron chi connectivity index (χ1n) is 5.78. The van der Waals surface area contributed by atoms with Crippen LogP contribution in [0.1, 0.15) is 11.3 Å². The smallest absolute Gasteiger partial charge is 0.138 e. The van der Waals surface area contributed by atoms with Gasteiger partial charge in [-0.2, -0.15) is 5.10 Å². The molecule has 18 heavy (non-hydrogen) atoms. The standard InChI is InChI=1S/C13H13ClN2O2/c1-17-10-4-2-3-9(7-10)16-13(14)11-8-18-6-5-12(11)15-16/h2-4,7H,5-6,8H2,1H3. The minimum atomic E-state index is 0.540. The summed E-state index contributed by atoms with van der Waals surface area (Å²) < 4.78 is 12.4. The van der Waals surface area contributed by atoms with Gasteiger partial charge < -0.3 is 9.47 Å². The van der Waals surface area contributed by atoms with Crippen molar-refractivity contribution in [2.75, 3.05) is 13.7 Å². The van der Waals surface area contributed by atoms with Gasteiger partial charge in [-0.3, -0.25) is 0 Å². The molecule has 0 spiro atoms. The Hall–Kier alpha value is -1.52. The lowest BCUT2D eigenvalue weighted by Crippen LogP contribution is -2.08. The number of benzene rings is 1. The highest BCUT2D eigenvalue weighted by atomic mass is 35.5. The zero-order valence-corrected chi connectivity index (χ0v) is 10.8. The number of aromatic nitrogens is 2. The van der Waals surface area contributed by atoms with Crippen molar-refractivity contribution in [1.29, 1.82) is 0 Å². The van der Waals surface area contributed by atoms with Crippen molar-refractivity contribution < 1.29 is 9.47 Å². The zero-order valence-electron chi connectivity index (χ0n) is 10.0. The molecule has 0 atom stereocenters. The van der Waals surface area contributed by atoms with Crippen LogP contribution < -0.4 is 4.74 Å². The Balaban J connectivity index is 2.08. The molecular weight excluding hydrogens is 252 g/mol. The minimum absolute atomic E-state index is 0.540. The van der Waals surface area contributed by atoms with E-state index in [4.69, 9.17) is 21.1 Å². The normalized spacial score (nSPS) is 14.3. The highest BCUT2D eigenvalue weighted by molar-refractivity contribution is 6.30. The monoisotopic (exact) mass is 264 g/mol. The topological polar surface area (TPSA) is 36.3 Å². The summed E-state index contributed by atoms with van der Waals surface area (Å²) in [4.78, 5) is 0. The van der Waals surface area contributed by atoms with Gasteiger partial charge in [0.05, 0.1) is 31.7 Å². The SMILES string of the molecule is COc1cccc(-n2nc3c(c2Cl)COCC3)c1. The van der Waals surface area contributed by atoms with Crippen LogP contribution in [0.3, 0.4) is 0 Å². The molecule has 94 valence electrons. The molecule has 2 aromatic rings. The molecule has 1 aliphatic rings. The van der Waals surface area contributed by atoms with Crippen molar-refractivity contribution in [1.82, 2.24) is 9.78 Å². The molecule has 0 fully saturated rings. The van der Waals surface area contributed by atoms with E-state index in [1.807, 2.05) is 24.3 Å². The van der Waals surface area contributed by atoms with Gasteiger partial charge in [0.2, 0.25) is 0 Å². The third-order valence-corrected chi connectivity index (χ3v) is 3.42. The number of fused-ring (bicyclic) bond motifs is 1. The van der Waals surface area contributed by atoms with Crippen molar-refractivity contribution in [3.8, 4) is 11.4 Å². The van der Waals surface area contributed by atoms with Crippen molar-refractivity contribution in [2.45, 2.75) is 13.0 Å². The molecule has 0 saturated carbocycles. The van der Waals surface area contributed by atoms with Gasteiger partial charge in [-0.25, -0.2) is 4.68 Å². The fraction of sp³-hybridized carbons (Fsp3) is 0.308. The summed E-state index contributed by atoms with van der Waals surface area (Å²) in [6.07, 6.45) is 0.812. The van der Waals surface area contributed by atoms with E-state index in [1.54, 1.807) is 11.8 Å². The number of hydrogen-bond acceptors (Lipinski definition) is 3. The van der Waals surface area contributed by atoms with Crippen LogP contribution in [0.5, 0.6) is 5.75 Å². The van der Waals surface area contributed by atoms with Crippen LogP contribution in [-0.2, 0) is 17.8 Å². The summed E-state index contributed by atoms with van der Waals surface area (Å²) in [5.74, 6) is 0.785. The average molecular weight is 265 g/mol. The predicted octanol–water partition coefficient (Wildman–Crippen LogP) is 2.61. The van der Waals surface area contributed by atoms with E-state index in [9.17, 15) is 0 Å². The first-order valence-corrected chi connectivity index (χ1v) is 6.16. The fourth-order valence-electron chi connectivity index (χ4n) is 2.07. The highest BCUT2D eigenvalue weighted by Gasteiger charge is 2.20. The number of rotatable bonds is 2. The second kappa shape index (κ2) is 4.63. The molecule has 5 heteroatoms. The molecule has 4 nitrogen and oxygen atoms in total. The van der Waals surface area contributed by atoms with Gasteiger partial charge in [-0.05, 0) is 12.1 Å². The Kier molecular flexibility index (Phi) is 2.97. The molecular formula is C13H13ClN2O2. The molecule has 1 aliphatic heterocycles. The summed E-state index contributed by atoms with van der Waals surface area (Å²) in [6.45, 7) is 1.25. The first kappa shape index (κ1) is 11.6. The Morgan fingerprint density at radius 3 is 3.11 bits per heavy atom. The molecule has 0 unspecified atom stereocenters. The number of methoxy groups -OCH3 is 1. The van der Waals surface area contributed by atoms with Gasteiger partial charge in [0, 0.05) is 18.1 Å². The molecule has 0 saturated heterocycles. The van der Waals surface area contributed by atoms with Crippen LogP contribution in [0, 0.1) is 0 Å². The summed E-state index contributed by atoms with van der Waals surface area (Å²) >= 11 is 6.35. The van der Waals surface area contributed by atoms with Gasteiger partial charge in [-0.1, -0.05) is 17.7 Å². The summed E-state index contributed by atoms with van der Waals surface area (Å²) in [6, 6.07) is 7.67. The number of hydrogen-bond donors (Lipinski definition) is 0. The van der Waals surface area contributed by atoms with Crippen LogP contribution in [-0.4, -0.2) is 23.5 Å². The third-order valence-electron chi connectivity index (χ3n) is 3.03. The van der Waals surface area contributed by atoms with E-state index in [-0.39, 0.29) is 0 Å². The fourth-order valence-corrected chi connectivity index (χ4v) is 2.37. The van der Waals surface area contributed by atoms with E-state index >= 15 is 0 Å². The Morgan fingerprint density at radius 2 is 2.33 bits per heavy atom. The number of ether oxygens (including phenoxy) is 2. The molecule has 0 aliphatic carbocycles. The maximum absolute atomic E-state index is 6.35. The van der Waals surface area contributed by atoms with Crippen LogP contribution in [0.25, 0.3) is 5.69 Å². The van der Waals surface area contributed by atoms with E-state index in [0.717, 1.165) is 29.1 Å². The van der Waals surface area contributed by atoms with Gasteiger partial charge in [0.1, 0.15) is 10.9 Å². The van der Waals surface area contributed by atoms with Crippen molar-refractivity contribution >= 4 is 11.6 Å². The Bertz CT molecular complexity index is 580. The predicted molar refractivity (Wildman–Crippen MR) is 68.5 cm³/mol. The Morgan fingerprint density at radius 1 is 1.44 bits per heavy atom. The largest absolute Gasteiger partial charge is 0.497 e. The quantitative estimate of drug-likeness (QED) is 0.837. The highest BCUT2D eigenvalue weighted by Crippen LogP contribution is 2.28. The van der Waals surface area contributed by atoms with Gasteiger partial charge in [-0.15, -0.1) is 0 Å². The van der Waals surface area contributed by atoms with Crippen molar-refractivity contribution in [3.05, 3.63) is 40.7 Å². The molecule has 1 aromatic heterocycles. The summed E-state index contributed by atoms with van der Waals surface area (Å²) in [5, 5.41) is 5.17. The van der Waals surface area contributed by atoms with Crippen LogP contribution >= 0.6 is 11.6 Å². The molecule has 0 bridgehead atoms. The van der Waals surface area contributed by atoms with E-state index < -0.39 is 0 Å². The lowest BCUT2D eigenvalue weighted by Gasteiger charge is -2.09.